The van der Waals surface area contributed by atoms with Crippen molar-refractivity contribution in [1.82, 2.24) is 4.90 Å². The second kappa shape index (κ2) is 7.65. The van der Waals surface area contributed by atoms with Crippen molar-refractivity contribution in [3.8, 4) is 5.75 Å². The third-order valence-electron chi connectivity index (χ3n) is 3.69. The van der Waals surface area contributed by atoms with Crippen molar-refractivity contribution in [2.24, 2.45) is 11.8 Å². The van der Waals surface area contributed by atoms with Crippen LogP contribution in [0.5, 0.6) is 5.75 Å². The first-order valence-corrected chi connectivity index (χ1v) is 7.67. The number of amides is 2. The van der Waals surface area contributed by atoms with Gasteiger partial charge in [0, 0.05) is 24.8 Å². The number of carboxylic acid groups (broad SMARTS) is 1. The molecule has 0 spiro atoms. The van der Waals surface area contributed by atoms with Crippen LogP contribution in [0.15, 0.2) is 18.2 Å². The van der Waals surface area contributed by atoms with Crippen molar-refractivity contribution in [3.63, 3.8) is 0 Å². The highest BCUT2D eigenvalue weighted by molar-refractivity contribution is 6.32. The number of alkyl halides is 2. The number of nitrogens with one attached hydrogen (secondary N) is 1. The summed E-state index contributed by atoms with van der Waals surface area (Å²) in [5.41, 5.74) is 0.227. The van der Waals surface area contributed by atoms with E-state index in [1.165, 1.54) is 23.1 Å². The molecule has 132 valence electrons. The predicted octanol–water partition coefficient (Wildman–Crippen LogP) is 3.52. The van der Waals surface area contributed by atoms with Gasteiger partial charge in [0.2, 0.25) is 0 Å². The second-order valence-electron chi connectivity index (χ2n) is 5.73. The second-order valence-corrected chi connectivity index (χ2v) is 6.14. The van der Waals surface area contributed by atoms with Gasteiger partial charge in [-0.15, -0.1) is 0 Å². The first kappa shape index (κ1) is 18.3. The van der Waals surface area contributed by atoms with E-state index < -0.39 is 24.5 Å². The zero-order valence-electron chi connectivity index (χ0n) is 12.8. The van der Waals surface area contributed by atoms with Crippen LogP contribution in [0.25, 0.3) is 0 Å². The normalized spacial score (nSPS) is 20.8. The van der Waals surface area contributed by atoms with Gasteiger partial charge in [-0.1, -0.05) is 18.5 Å². The zero-order chi connectivity index (χ0) is 17.9. The summed E-state index contributed by atoms with van der Waals surface area (Å²) in [7, 11) is 0. The molecular formula is C15H17ClF2N2O4. The standard InChI is InChI=1S/C15H17ClF2N2O4/c1-8-4-9(13(21)22)7-20(6-8)15(23)19-10-2-3-11(16)12(5-10)24-14(17)18/h2-3,5,8-9,14H,4,6-7H2,1H3,(H,19,23)(H,21,22). The quantitative estimate of drug-likeness (QED) is 0.859. The van der Waals surface area contributed by atoms with Crippen molar-refractivity contribution in [3.05, 3.63) is 23.2 Å². The minimum atomic E-state index is -3.03. The van der Waals surface area contributed by atoms with E-state index in [1.807, 2.05) is 6.92 Å². The number of hydrogen-bond donors (Lipinski definition) is 2. The minimum Gasteiger partial charge on any atom is -0.481 e. The summed E-state index contributed by atoms with van der Waals surface area (Å²) >= 11 is 5.75. The fourth-order valence-electron chi connectivity index (χ4n) is 2.67. The van der Waals surface area contributed by atoms with E-state index in [0.717, 1.165) is 0 Å². The summed E-state index contributed by atoms with van der Waals surface area (Å²) in [6.45, 7) is -0.650. The largest absolute Gasteiger partial charge is 0.481 e. The van der Waals surface area contributed by atoms with E-state index in [1.54, 1.807) is 0 Å². The molecule has 1 aliphatic heterocycles. The number of rotatable bonds is 4. The molecular weight excluding hydrogens is 346 g/mol. The number of hydrogen-bond acceptors (Lipinski definition) is 3. The van der Waals surface area contributed by atoms with E-state index in [0.29, 0.717) is 13.0 Å². The van der Waals surface area contributed by atoms with Gasteiger partial charge in [0.25, 0.3) is 0 Å². The molecule has 0 saturated carbocycles. The van der Waals surface area contributed by atoms with Crippen molar-refractivity contribution in [2.75, 3.05) is 18.4 Å². The van der Waals surface area contributed by atoms with Crippen molar-refractivity contribution in [1.29, 1.82) is 0 Å². The van der Waals surface area contributed by atoms with Crippen LogP contribution < -0.4 is 10.1 Å². The van der Waals surface area contributed by atoms with Gasteiger partial charge in [-0.3, -0.25) is 4.79 Å². The monoisotopic (exact) mass is 362 g/mol. The molecule has 6 nitrogen and oxygen atoms in total. The number of nitrogens with zero attached hydrogens (tertiary/aromatic N) is 1. The Morgan fingerprint density at radius 3 is 2.75 bits per heavy atom. The Bertz CT molecular complexity index is 629. The number of aliphatic carboxylic acids is 1. The van der Waals surface area contributed by atoms with Gasteiger partial charge < -0.3 is 20.1 Å². The fourth-order valence-corrected chi connectivity index (χ4v) is 2.83. The number of urea groups is 1. The van der Waals surface area contributed by atoms with Gasteiger partial charge in [-0.05, 0) is 24.5 Å². The Morgan fingerprint density at radius 1 is 1.42 bits per heavy atom. The first-order valence-electron chi connectivity index (χ1n) is 7.29. The Kier molecular flexibility index (Phi) is 5.82. The summed E-state index contributed by atoms with van der Waals surface area (Å²) in [4.78, 5) is 24.8. The van der Waals surface area contributed by atoms with E-state index >= 15 is 0 Å². The predicted molar refractivity (Wildman–Crippen MR) is 83.6 cm³/mol. The first-order chi connectivity index (χ1) is 11.3. The van der Waals surface area contributed by atoms with Gasteiger partial charge >= 0.3 is 18.6 Å². The van der Waals surface area contributed by atoms with Gasteiger partial charge in [-0.25, -0.2) is 4.79 Å². The lowest BCUT2D eigenvalue weighted by Gasteiger charge is -2.34. The molecule has 0 bridgehead atoms. The molecule has 1 heterocycles. The molecule has 0 aliphatic carbocycles. The molecule has 1 aromatic rings. The summed E-state index contributed by atoms with van der Waals surface area (Å²) in [6, 6.07) is 3.46. The van der Waals surface area contributed by atoms with Crippen LogP contribution >= 0.6 is 11.6 Å². The lowest BCUT2D eigenvalue weighted by molar-refractivity contribution is -0.143. The highest BCUT2D eigenvalue weighted by Gasteiger charge is 2.32. The lowest BCUT2D eigenvalue weighted by atomic mass is 9.91. The van der Waals surface area contributed by atoms with Crippen molar-refractivity contribution < 1.29 is 28.2 Å². The Balaban J connectivity index is 2.07. The molecule has 9 heteroatoms. The average molecular weight is 363 g/mol. The number of anilines is 1. The smallest absolute Gasteiger partial charge is 0.387 e. The number of piperidine rings is 1. The molecule has 2 amide bonds. The molecule has 2 unspecified atom stereocenters. The van der Waals surface area contributed by atoms with Gasteiger partial charge in [0.05, 0.1) is 10.9 Å². The molecule has 2 rings (SSSR count). The summed E-state index contributed by atoms with van der Waals surface area (Å²) in [6.07, 6.45) is 0.506. The van der Waals surface area contributed by atoms with Crippen LogP contribution in [0.2, 0.25) is 5.02 Å². The molecule has 0 radical (unpaired) electrons. The maximum Gasteiger partial charge on any atom is 0.387 e. The lowest BCUT2D eigenvalue weighted by Crippen LogP contribution is -2.47. The van der Waals surface area contributed by atoms with Crippen LogP contribution in [0, 0.1) is 11.8 Å². The van der Waals surface area contributed by atoms with Crippen molar-refractivity contribution >= 4 is 29.3 Å². The molecule has 2 atom stereocenters. The van der Waals surface area contributed by atoms with Crippen LogP contribution in [0.1, 0.15) is 13.3 Å². The molecule has 1 aliphatic rings. The van der Waals surface area contributed by atoms with Gasteiger partial charge in [0.15, 0.2) is 0 Å². The molecule has 0 aromatic heterocycles. The van der Waals surface area contributed by atoms with Crippen LogP contribution in [0.4, 0.5) is 19.3 Å². The number of carboxylic acids is 1. The third kappa shape index (κ3) is 4.70. The number of carbonyl (C=O) groups is 2. The highest BCUT2D eigenvalue weighted by Crippen LogP contribution is 2.30. The molecule has 1 fully saturated rings. The summed E-state index contributed by atoms with van der Waals surface area (Å²) in [5, 5.41) is 11.7. The number of carbonyl (C=O) groups excluding carboxylic acids is 1. The topological polar surface area (TPSA) is 78.9 Å². The molecule has 1 aromatic carbocycles. The van der Waals surface area contributed by atoms with Crippen LogP contribution in [-0.4, -0.2) is 41.7 Å². The fraction of sp³-hybridized carbons (Fsp3) is 0.467. The van der Waals surface area contributed by atoms with E-state index in [4.69, 9.17) is 16.7 Å². The maximum absolute atomic E-state index is 12.3. The molecule has 2 N–H and O–H groups in total. The van der Waals surface area contributed by atoms with E-state index in [-0.39, 0.29) is 28.9 Å². The maximum atomic E-state index is 12.3. The SMILES string of the molecule is CC1CC(C(=O)O)CN(C(=O)Nc2ccc(Cl)c(OC(F)F)c2)C1. The average Bonchev–Trinajstić information content (AvgIpc) is 2.49. The summed E-state index contributed by atoms with van der Waals surface area (Å²) in [5.74, 6) is -1.77. The van der Waals surface area contributed by atoms with Crippen molar-refractivity contribution in [2.45, 2.75) is 20.0 Å². The Labute approximate surface area is 142 Å². The number of ether oxygens (including phenoxy) is 1. The number of halogens is 3. The van der Waals surface area contributed by atoms with E-state index in [2.05, 4.69) is 10.1 Å². The molecule has 1 saturated heterocycles. The van der Waals surface area contributed by atoms with Gasteiger partial charge in [0.1, 0.15) is 5.75 Å². The van der Waals surface area contributed by atoms with E-state index in [9.17, 15) is 18.4 Å². The highest BCUT2D eigenvalue weighted by atomic mass is 35.5. The third-order valence-corrected chi connectivity index (χ3v) is 4.01. The summed E-state index contributed by atoms with van der Waals surface area (Å²) < 4.78 is 28.9. The molecule has 24 heavy (non-hydrogen) atoms. The van der Waals surface area contributed by atoms with Gasteiger partial charge in [-0.2, -0.15) is 8.78 Å². The van der Waals surface area contributed by atoms with Crippen LogP contribution in [-0.2, 0) is 4.79 Å². The Morgan fingerprint density at radius 2 is 2.12 bits per heavy atom. The minimum absolute atomic E-state index is 0.00849. The van der Waals surface area contributed by atoms with Crippen LogP contribution in [0.3, 0.4) is 0 Å². The zero-order valence-corrected chi connectivity index (χ0v) is 13.6. The number of benzene rings is 1. The number of likely N-dealkylation sites (tertiary alicyclic amines) is 1. The Hall–Kier alpha value is -2.09.